The molecule has 1 heterocycles. The second-order valence-electron chi connectivity index (χ2n) is 7.30. The van der Waals surface area contributed by atoms with E-state index in [1.54, 1.807) is 0 Å². The number of nitrogens with zero attached hydrogens (tertiary/aromatic N) is 1. The summed E-state index contributed by atoms with van der Waals surface area (Å²) in [7, 11) is 1.29. The van der Waals surface area contributed by atoms with Crippen molar-refractivity contribution >= 4 is 23.8 Å². The number of halogens is 1. The summed E-state index contributed by atoms with van der Waals surface area (Å²) in [6, 6.07) is 2.74. The lowest BCUT2D eigenvalue weighted by molar-refractivity contribution is -0.141. The van der Waals surface area contributed by atoms with E-state index in [0.29, 0.717) is 23.8 Å². The topological polar surface area (TPSA) is 114 Å². The van der Waals surface area contributed by atoms with Crippen LogP contribution in [-0.4, -0.2) is 48.1 Å². The molecular formula is C19H22FN3O6. The largest absolute Gasteiger partial charge is 0.494 e. The number of esters is 1. The molecule has 1 saturated carbocycles. The Hall–Kier alpha value is -3.17. The number of ether oxygens (including phenoxy) is 2. The first kappa shape index (κ1) is 20.6. The first-order valence-corrected chi connectivity index (χ1v) is 9.22. The van der Waals surface area contributed by atoms with Crippen LogP contribution in [-0.2, 0) is 14.3 Å². The highest BCUT2D eigenvalue weighted by Gasteiger charge is 2.52. The van der Waals surface area contributed by atoms with Crippen LogP contribution in [0.25, 0.3) is 0 Å². The maximum Gasteiger partial charge on any atom is 0.344 e. The van der Waals surface area contributed by atoms with Gasteiger partial charge in [-0.15, -0.1) is 0 Å². The number of carbonyl (C=O) groups is 4. The first-order valence-electron chi connectivity index (χ1n) is 9.22. The van der Waals surface area contributed by atoms with E-state index in [4.69, 9.17) is 9.47 Å². The van der Waals surface area contributed by atoms with E-state index in [1.165, 1.54) is 19.2 Å². The van der Waals surface area contributed by atoms with Crippen LogP contribution in [0.3, 0.4) is 0 Å². The SMILES string of the molecule is COc1ccc(C(=O)OCC(=O)NN2C(=O)NC3(CCC(C)CC3)C2=O)cc1F. The third-order valence-electron chi connectivity index (χ3n) is 5.25. The number of carbonyl (C=O) groups excluding carboxylic acids is 4. The maximum absolute atomic E-state index is 13.7. The molecule has 0 bridgehead atoms. The van der Waals surface area contributed by atoms with Crippen molar-refractivity contribution in [3.05, 3.63) is 29.6 Å². The number of imide groups is 1. The number of hydrazine groups is 1. The number of methoxy groups -OCH3 is 1. The van der Waals surface area contributed by atoms with Crippen molar-refractivity contribution in [2.75, 3.05) is 13.7 Å². The summed E-state index contributed by atoms with van der Waals surface area (Å²) in [5.74, 6) is -2.64. The fourth-order valence-corrected chi connectivity index (χ4v) is 3.48. The molecule has 10 heteroatoms. The van der Waals surface area contributed by atoms with Crippen molar-refractivity contribution in [3.63, 3.8) is 0 Å². The monoisotopic (exact) mass is 407 g/mol. The fraction of sp³-hybridized carbons (Fsp3) is 0.474. The van der Waals surface area contributed by atoms with Crippen molar-refractivity contribution in [1.29, 1.82) is 0 Å². The van der Waals surface area contributed by atoms with Gasteiger partial charge in [-0.25, -0.2) is 14.0 Å². The summed E-state index contributed by atoms with van der Waals surface area (Å²) in [5.41, 5.74) is 1.06. The number of urea groups is 1. The summed E-state index contributed by atoms with van der Waals surface area (Å²) in [6.07, 6.45) is 2.60. The van der Waals surface area contributed by atoms with Crippen LogP contribution in [0.5, 0.6) is 5.75 Å². The summed E-state index contributed by atoms with van der Waals surface area (Å²) in [5, 5.41) is 3.29. The fourth-order valence-electron chi connectivity index (χ4n) is 3.48. The number of hydrogen-bond acceptors (Lipinski definition) is 6. The van der Waals surface area contributed by atoms with Crippen LogP contribution < -0.4 is 15.5 Å². The molecule has 1 aliphatic heterocycles. The summed E-state index contributed by atoms with van der Waals surface area (Å²) in [6.45, 7) is 1.34. The lowest BCUT2D eigenvalue weighted by Crippen LogP contribution is -2.52. The minimum Gasteiger partial charge on any atom is -0.494 e. The van der Waals surface area contributed by atoms with Gasteiger partial charge in [-0.05, 0) is 49.8 Å². The Balaban J connectivity index is 1.55. The van der Waals surface area contributed by atoms with E-state index >= 15 is 0 Å². The number of benzene rings is 1. The van der Waals surface area contributed by atoms with E-state index in [0.717, 1.165) is 18.9 Å². The molecule has 29 heavy (non-hydrogen) atoms. The van der Waals surface area contributed by atoms with Crippen molar-refractivity contribution in [1.82, 2.24) is 15.8 Å². The second kappa shape index (κ2) is 8.06. The molecule has 1 spiro atoms. The van der Waals surface area contributed by atoms with Crippen LogP contribution in [0.15, 0.2) is 18.2 Å². The van der Waals surface area contributed by atoms with Gasteiger partial charge in [0.2, 0.25) is 0 Å². The molecule has 2 N–H and O–H groups in total. The Bertz CT molecular complexity index is 850. The molecule has 2 aliphatic rings. The highest BCUT2D eigenvalue weighted by atomic mass is 19.1. The zero-order chi connectivity index (χ0) is 21.2. The number of rotatable bonds is 5. The molecule has 1 aliphatic carbocycles. The van der Waals surface area contributed by atoms with E-state index in [2.05, 4.69) is 17.7 Å². The van der Waals surface area contributed by atoms with Gasteiger partial charge in [0.25, 0.3) is 11.8 Å². The predicted molar refractivity (Wildman–Crippen MR) is 97.1 cm³/mol. The summed E-state index contributed by atoms with van der Waals surface area (Å²) < 4.78 is 23.2. The highest BCUT2D eigenvalue weighted by molar-refractivity contribution is 6.08. The summed E-state index contributed by atoms with van der Waals surface area (Å²) >= 11 is 0. The minimum absolute atomic E-state index is 0.0381. The van der Waals surface area contributed by atoms with Gasteiger partial charge >= 0.3 is 12.0 Å². The van der Waals surface area contributed by atoms with Gasteiger partial charge in [-0.3, -0.25) is 15.0 Å². The van der Waals surface area contributed by atoms with Crippen molar-refractivity contribution in [2.24, 2.45) is 5.92 Å². The van der Waals surface area contributed by atoms with Gasteiger partial charge in [0.05, 0.1) is 12.7 Å². The molecule has 0 radical (unpaired) electrons. The van der Waals surface area contributed by atoms with Crippen LogP contribution in [0.2, 0.25) is 0 Å². The molecule has 2 fully saturated rings. The van der Waals surface area contributed by atoms with E-state index in [-0.39, 0.29) is 11.3 Å². The lowest BCUT2D eigenvalue weighted by Gasteiger charge is -2.33. The van der Waals surface area contributed by atoms with Gasteiger partial charge in [0, 0.05) is 0 Å². The third kappa shape index (κ3) is 4.15. The van der Waals surface area contributed by atoms with E-state index in [1.807, 2.05) is 0 Å². The molecule has 0 atom stereocenters. The average Bonchev–Trinajstić information content (AvgIpc) is 2.92. The van der Waals surface area contributed by atoms with E-state index < -0.39 is 41.8 Å². The Morgan fingerprint density at radius 2 is 2.00 bits per heavy atom. The zero-order valence-corrected chi connectivity index (χ0v) is 16.1. The molecule has 1 aromatic rings. The average molecular weight is 407 g/mol. The molecule has 3 rings (SSSR count). The maximum atomic E-state index is 13.7. The smallest absolute Gasteiger partial charge is 0.344 e. The standard InChI is InChI=1S/C19H22FN3O6/c1-11-5-7-19(8-6-11)17(26)23(18(27)21-19)22-15(24)10-29-16(25)12-3-4-14(28-2)13(20)9-12/h3-4,9,11H,5-8,10H2,1-2H3,(H,21,27)(H,22,24). The lowest BCUT2D eigenvalue weighted by atomic mass is 9.77. The van der Waals surface area contributed by atoms with Gasteiger partial charge < -0.3 is 14.8 Å². The highest BCUT2D eigenvalue weighted by Crippen LogP contribution is 2.35. The quantitative estimate of drug-likeness (QED) is 0.565. The Labute approximate surface area is 166 Å². The summed E-state index contributed by atoms with van der Waals surface area (Å²) in [4.78, 5) is 48.8. The van der Waals surface area contributed by atoms with Gasteiger partial charge in [0.1, 0.15) is 5.54 Å². The molecule has 0 unspecified atom stereocenters. The first-order chi connectivity index (χ1) is 13.8. The molecule has 4 amide bonds. The minimum atomic E-state index is -0.992. The van der Waals surface area contributed by atoms with Crippen LogP contribution in [0.1, 0.15) is 43.0 Å². The van der Waals surface area contributed by atoms with Crippen LogP contribution >= 0.6 is 0 Å². The normalized spacial score (nSPS) is 23.7. The zero-order valence-electron chi connectivity index (χ0n) is 16.1. The van der Waals surface area contributed by atoms with Crippen molar-refractivity contribution in [2.45, 2.75) is 38.1 Å². The molecule has 1 aromatic carbocycles. The predicted octanol–water partition coefficient (Wildman–Crippen LogP) is 1.52. The van der Waals surface area contributed by atoms with Crippen molar-refractivity contribution in [3.8, 4) is 5.75 Å². The number of hydrogen-bond donors (Lipinski definition) is 2. The Kier molecular flexibility index (Phi) is 5.71. The third-order valence-corrected chi connectivity index (χ3v) is 5.25. The second-order valence-corrected chi connectivity index (χ2v) is 7.30. The molecule has 0 aromatic heterocycles. The number of amides is 4. The molecule has 156 valence electrons. The Morgan fingerprint density at radius 3 is 2.62 bits per heavy atom. The molecule has 9 nitrogen and oxygen atoms in total. The van der Waals surface area contributed by atoms with Gasteiger partial charge in [0.15, 0.2) is 18.2 Å². The van der Waals surface area contributed by atoms with Gasteiger partial charge in [-0.1, -0.05) is 6.92 Å². The molecule has 1 saturated heterocycles. The Morgan fingerprint density at radius 1 is 1.31 bits per heavy atom. The number of nitrogens with one attached hydrogen (secondary N) is 2. The van der Waals surface area contributed by atoms with E-state index in [9.17, 15) is 23.6 Å². The molecular weight excluding hydrogens is 385 g/mol. The van der Waals surface area contributed by atoms with Crippen LogP contribution in [0, 0.1) is 11.7 Å². The van der Waals surface area contributed by atoms with Crippen LogP contribution in [0.4, 0.5) is 9.18 Å². The van der Waals surface area contributed by atoms with Crippen molar-refractivity contribution < 1.29 is 33.0 Å². The van der Waals surface area contributed by atoms with Gasteiger partial charge in [-0.2, -0.15) is 5.01 Å².